The second kappa shape index (κ2) is 7.43. The number of nitrogens with one attached hydrogen (secondary N) is 1. The van der Waals surface area contributed by atoms with Crippen molar-refractivity contribution in [1.82, 2.24) is 19.8 Å². The highest BCUT2D eigenvalue weighted by molar-refractivity contribution is 5.77. The van der Waals surface area contributed by atoms with Gasteiger partial charge in [-0.15, -0.1) is 0 Å². The van der Waals surface area contributed by atoms with Crippen LogP contribution in [0.4, 0.5) is 0 Å². The lowest BCUT2D eigenvalue weighted by atomic mass is 10.2. The predicted molar refractivity (Wildman–Crippen MR) is 79.6 cm³/mol. The normalized spacial score (nSPS) is 16.9. The van der Waals surface area contributed by atoms with Crippen molar-refractivity contribution in [3.8, 4) is 0 Å². The molecule has 0 spiro atoms. The van der Waals surface area contributed by atoms with Crippen LogP contribution in [-0.4, -0.2) is 46.5 Å². The number of hydrogen-bond donors (Lipinski definition) is 1. The first-order valence-electron chi connectivity index (χ1n) is 7.64. The number of imidazole rings is 1. The van der Waals surface area contributed by atoms with E-state index in [0.29, 0.717) is 13.1 Å². The van der Waals surface area contributed by atoms with Gasteiger partial charge in [0.2, 0.25) is 5.91 Å². The monoisotopic (exact) mass is 278 g/mol. The number of carbonyl (C=O) groups excluding carboxylic acids is 1. The Bertz CT molecular complexity index is 433. The van der Waals surface area contributed by atoms with Crippen molar-refractivity contribution in [1.29, 1.82) is 0 Å². The molecule has 0 unspecified atom stereocenters. The molecule has 0 aliphatic carbocycles. The molecule has 1 amide bonds. The molecule has 20 heavy (non-hydrogen) atoms. The predicted octanol–water partition coefficient (Wildman–Crippen LogP) is 1.49. The lowest BCUT2D eigenvalue weighted by molar-refractivity contribution is -0.122. The lowest BCUT2D eigenvalue weighted by Crippen LogP contribution is -2.38. The molecular weight excluding hydrogens is 252 g/mol. The molecule has 0 aromatic carbocycles. The highest BCUT2D eigenvalue weighted by atomic mass is 16.2. The van der Waals surface area contributed by atoms with E-state index in [4.69, 9.17) is 0 Å². The maximum Gasteiger partial charge on any atom is 0.234 e. The summed E-state index contributed by atoms with van der Waals surface area (Å²) in [4.78, 5) is 18.5. The van der Waals surface area contributed by atoms with Gasteiger partial charge in [0.15, 0.2) is 0 Å². The largest absolute Gasteiger partial charge is 0.353 e. The maximum absolute atomic E-state index is 11.9. The highest BCUT2D eigenvalue weighted by Gasteiger charge is 2.12. The second-order valence-corrected chi connectivity index (χ2v) is 5.65. The number of nitrogens with zero attached hydrogens (tertiary/aromatic N) is 3. The van der Waals surface area contributed by atoms with Gasteiger partial charge in [0.1, 0.15) is 0 Å². The van der Waals surface area contributed by atoms with Gasteiger partial charge < -0.3 is 9.88 Å². The first kappa shape index (κ1) is 15.0. The van der Waals surface area contributed by atoms with Crippen LogP contribution in [0.1, 0.15) is 37.1 Å². The van der Waals surface area contributed by atoms with Gasteiger partial charge in [0.05, 0.1) is 18.6 Å². The SMILES string of the molecule is Cc1ncn(CCNC(=O)CN2CCCCCC2)c1C. The Kier molecular flexibility index (Phi) is 5.59. The van der Waals surface area contributed by atoms with Gasteiger partial charge in [-0.1, -0.05) is 12.8 Å². The van der Waals surface area contributed by atoms with Crippen molar-refractivity contribution in [2.75, 3.05) is 26.2 Å². The Morgan fingerprint density at radius 3 is 2.55 bits per heavy atom. The molecule has 5 nitrogen and oxygen atoms in total. The number of amides is 1. The van der Waals surface area contributed by atoms with Crippen LogP contribution in [0.15, 0.2) is 6.33 Å². The summed E-state index contributed by atoms with van der Waals surface area (Å²) in [6.45, 7) is 8.19. The third-order valence-electron chi connectivity index (χ3n) is 4.09. The van der Waals surface area contributed by atoms with Crippen LogP contribution in [-0.2, 0) is 11.3 Å². The molecule has 1 aromatic rings. The third-order valence-corrected chi connectivity index (χ3v) is 4.09. The van der Waals surface area contributed by atoms with Gasteiger partial charge in [-0.05, 0) is 39.8 Å². The minimum absolute atomic E-state index is 0.140. The Morgan fingerprint density at radius 1 is 1.25 bits per heavy atom. The van der Waals surface area contributed by atoms with E-state index >= 15 is 0 Å². The van der Waals surface area contributed by atoms with E-state index in [9.17, 15) is 4.79 Å². The minimum atomic E-state index is 0.140. The number of hydrogen-bond acceptors (Lipinski definition) is 3. The Balaban J connectivity index is 1.68. The summed E-state index contributed by atoms with van der Waals surface area (Å²) in [5.41, 5.74) is 2.23. The lowest BCUT2D eigenvalue weighted by Gasteiger charge is -2.19. The van der Waals surface area contributed by atoms with E-state index in [2.05, 4.69) is 26.7 Å². The Labute approximate surface area is 121 Å². The van der Waals surface area contributed by atoms with Crippen LogP contribution in [0.2, 0.25) is 0 Å². The van der Waals surface area contributed by atoms with Crippen LogP contribution < -0.4 is 5.32 Å². The molecule has 0 atom stereocenters. The fourth-order valence-corrected chi connectivity index (χ4v) is 2.64. The fourth-order valence-electron chi connectivity index (χ4n) is 2.64. The summed E-state index contributed by atoms with van der Waals surface area (Å²) in [7, 11) is 0. The molecule has 1 aliphatic heterocycles. The molecule has 2 heterocycles. The highest BCUT2D eigenvalue weighted by Crippen LogP contribution is 2.08. The van der Waals surface area contributed by atoms with Gasteiger partial charge in [0, 0.05) is 18.8 Å². The van der Waals surface area contributed by atoms with Crippen molar-refractivity contribution in [2.45, 2.75) is 46.1 Å². The third kappa shape index (κ3) is 4.34. The minimum Gasteiger partial charge on any atom is -0.353 e. The zero-order valence-electron chi connectivity index (χ0n) is 12.7. The molecule has 0 radical (unpaired) electrons. The average molecular weight is 278 g/mol. The van der Waals surface area contributed by atoms with Gasteiger partial charge in [-0.25, -0.2) is 4.98 Å². The topological polar surface area (TPSA) is 50.2 Å². The van der Waals surface area contributed by atoms with Gasteiger partial charge in [0.25, 0.3) is 0 Å². The van der Waals surface area contributed by atoms with E-state index < -0.39 is 0 Å². The van der Waals surface area contributed by atoms with Crippen LogP contribution in [0.3, 0.4) is 0 Å². The molecule has 1 aliphatic rings. The van der Waals surface area contributed by atoms with E-state index in [0.717, 1.165) is 25.3 Å². The first-order valence-corrected chi connectivity index (χ1v) is 7.64. The zero-order chi connectivity index (χ0) is 14.4. The zero-order valence-corrected chi connectivity index (χ0v) is 12.7. The van der Waals surface area contributed by atoms with Gasteiger partial charge in [-0.3, -0.25) is 9.69 Å². The van der Waals surface area contributed by atoms with Crippen LogP contribution in [0, 0.1) is 13.8 Å². The smallest absolute Gasteiger partial charge is 0.234 e. The van der Waals surface area contributed by atoms with Gasteiger partial charge in [-0.2, -0.15) is 0 Å². The number of aryl methyl sites for hydroxylation is 1. The van der Waals surface area contributed by atoms with E-state index in [1.54, 1.807) is 0 Å². The number of carbonyl (C=O) groups is 1. The van der Waals surface area contributed by atoms with Crippen molar-refractivity contribution in [3.05, 3.63) is 17.7 Å². The van der Waals surface area contributed by atoms with Gasteiger partial charge >= 0.3 is 0 Å². The molecular formula is C15H26N4O. The van der Waals surface area contributed by atoms with Crippen molar-refractivity contribution in [3.63, 3.8) is 0 Å². The fraction of sp³-hybridized carbons (Fsp3) is 0.733. The summed E-state index contributed by atoms with van der Waals surface area (Å²) in [6, 6.07) is 0. The van der Waals surface area contributed by atoms with E-state index in [1.165, 1.54) is 31.4 Å². The summed E-state index contributed by atoms with van der Waals surface area (Å²) in [5, 5.41) is 3.01. The number of rotatable bonds is 5. The quantitative estimate of drug-likeness (QED) is 0.888. The molecule has 5 heteroatoms. The maximum atomic E-state index is 11.9. The Hall–Kier alpha value is -1.36. The first-order chi connectivity index (χ1) is 9.66. The molecule has 2 rings (SSSR count). The van der Waals surface area contributed by atoms with Crippen molar-refractivity contribution < 1.29 is 4.79 Å². The average Bonchev–Trinajstić information content (AvgIpc) is 2.65. The summed E-state index contributed by atoms with van der Waals surface area (Å²) in [6.07, 6.45) is 6.89. The summed E-state index contributed by atoms with van der Waals surface area (Å²) < 4.78 is 2.08. The summed E-state index contributed by atoms with van der Waals surface area (Å²) >= 11 is 0. The second-order valence-electron chi connectivity index (χ2n) is 5.65. The van der Waals surface area contributed by atoms with Crippen LogP contribution in [0.25, 0.3) is 0 Å². The van der Waals surface area contributed by atoms with Crippen molar-refractivity contribution in [2.24, 2.45) is 0 Å². The van der Waals surface area contributed by atoms with Crippen LogP contribution in [0.5, 0.6) is 0 Å². The molecule has 1 aromatic heterocycles. The summed E-state index contributed by atoms with van der Waals surface area (Å²) in [5.74, 6) is 0.140. The van der Waals surface area contributed by atoms with E-state index in [-0.39, 0.29) is 5.91 Å². The number of likely N-dealkylation sites (tertiary alicyclic amines) is 1. The molecule has 112 valence electrons. The number of aromatic nitrogens is 2. The standard InChI is InChI=1S/C15H26N4O/c1-13-14(2)19(12-17-13)10-7-16-15(20)11-18-8-5-3-4-6-9-18/h12H,3-11H2,1-2H3,(H,16,20). The molecule has 1 N–H and O–H groups in total. The molecule has 0 saturated carbocycles. The van der Waals surface area contributed by atoms with Crippen LogP contribution >= 0.6 is 0 Å². The molecule has 1 saturated heterocycles. The Morgan fingerprint density at radius 2 is 1.95 bits per heavy atom. The molecule has 0 bridgehead atoms. The van der Waals surface area contributed by atoms with Crippen molar-refractivity contribution >= 4 is 5.91 Å². The molecule has 1 fully saturated rings. The van der Waals surface area contributed by atoms with E-state index in [1.807, 2.05) is 13.3 Å².